The minimum atomic E-state index is -0.118. The van der Waals surface area contributed by atoms with Crippen LogP contribution in [0.2, 0.25) is 0 Å². The molecule has 0 bridgehead atoms. The zero-order chi connectivity index (χ0) is 16.0. The molecule has 2 N–H and O–H groups in total. The summed E-state index contributed by atoms with van der Waals surface area (Å²) in [5.74, 6) is -0.118. The van der Waals surface area contributed by atoms with Crippen LogP contribution in [0, 0.1) is 0 Å². The van der Waals surface area contributed by atoms with Crippen molar-refractivity contribution >= 4 is 5.91 Å². The molecule has 0 unspecified atom stereocenters. The zero-order valence-corrected chi connectivity index (χ0v) is 13.9. The van der Waals surface area contributed by atoms with Crippen LogP contribution in [0.25, 0.3) is 0 Å². The Balaban J connectivity index is 2.15. The van der Waals surface area contributed by atoms with Gasteiger partial charge in [-0.1, -0.05) is 64.0 Å². The van der Waals surface area contributed by atoms with Gasteiger partial charge in [0.15, 0.2) is 0 Å². The molecule has 0 aromatic heterocycles. The largest absolute Gasteiger partial charge is 0.395 e. The molecule has 3 heteroatoms. The highest BCUT2D eigenvalue weighted by Gasteiger charge is 2.04. The van der Waals surface area contributed by atoms with Crippen molar-refractivity contribution in [1.29, 1.82) is 0 Å². The highest BCUT2D eigenvalue weighted by Crippen LogP contribution is 2.12. The second-order valence-corrected chi connectivity index (χ2v) is 5.90. The molecule has 1 rings (SSSR count). The van der Waals surface area contributed by atoms with Crippen molar-refractivity contribution in [2.24, 2.45) is 0 Å². The number of amides is 1. The van der Waals surface area contributed by atoms with E-state index in [0.717, 1.165) is 6.42 Å². The molecule has 1 amide bonds. The molecule has 1 aromatic rings. The first kappa shape index (κ1) is 18.7. The summed E-state index contributed by atoms with van der Waals surface area (Å²) in [5.41, 5.74) is 1.96. The third-order valence-electron chi connectivity index (χ3n) is 3.93. The summed E-state index contributed by atoms with van der Waals surface area (Å²) in [7, 11) is 0. The molecule has 124 valence electrons. The van der Waals surface area contributed by atoms with E-state index in [4.69, 9.17) is 5.11 Å². The summed E-state index contributed by atoms with van der Waals surface area (Å²) < 4.78 is 0. The summed E-state index contributed by atoms with van der Waals surface area (Å²) in [5, 5.41) is 11.4. The van der Waals surface area contributed by atoms with Crippen LogP contribution in [-0.4, -0.2) is 24.2 Å². The molecule has 0 saturated carbocycles. The number of aliphatic hydroxyl groups excluding tert-OH is 1. The van der Waals surface area contributed by atoms with Gasteiger partial charge >= 0.3 is 0 Å². The number of carbonyl (C=O) groups is 1. The molecule has 0 spiro atoms. The van der Waals surface area contributed by atoms with E-state index in [-0.39, 0.29) is 12.5 Å². The Labute approximate surface area is 135 Å². The van der Waals surface area contributed by atoms with E-state index in [1.165, 1.54) is 56.9 Å². The maximum atomic E-state index is 11.7. The van der Waals surface area contributed by atoms with Crippen LogP contribution in [0.1, 0.15) is 74.2 Å². The molecule has 1 aromatic carbocycles. The van der Waals surface area contributed by atoms with Crippen LogP contribution in [-0.2, 0) is 6.42 Å². The maximum Gasteiger partial charge on any atom is 0.251 e. The van der Waals surface area contributed by atoms with Crippen LogP contribution in [0.3, 0.4) is 0 Å². The minimum Gasteiger partial charge on any atom is -0.395 e. The van der Waals surface area contributed by atoms with E-state index in [1.807, 2.05) is 24.3 Å². The van der Waals surface area contributed by atoms with Crippen molar-refractivity contribution in [2.75, 3.05) is 13.2 Å². The number of nitrogens with one attached hydrogen (secondary N) is 1. The Morgan fingerprint density at radius 1 is 0.955 bits per heavy atom. The molecular weight excluding hydrogens is 274 g/mol. The molecule has 0 fully saturated rings. The number of unbranched alkanes of at least 4 members (excludes halogenated alkanes) is 7. The van der Waals surface area contributed by atoms with Gasteiger partial charge in [-0.05, 0) is 30.5 Å². The van der Waals surface area contributed by atoms with Crippen molar-refractivity contribution in [3.63, 3.8) is 0 Å². The van der Waals surface area contributed by atoms with Gasteiger partial charge in [-0.2, -0.15) is 0 Å². The molecule has 0 radical (unpaired) electrons. The number of rotatable bonds is 12. The van der Waals surface area contributed by atoms with Crippen molar-refractivity contribution in [2.45, 2.75) is 64.7 Å². The first-order chi connectivity index (χ1) is 10.8. The van der Waals surface area contributed by atoms with Gasteiger partial charge in [0.1, 0.15) is 0 Å². The first-order valence-electron chi connectivity index (χ1n) is 8.76. The third-order valence-corrected chi connectivity index (χ3v) is 3.93. The molecule has 0 atom stereocenters. The van der Waals surface area contributed by atoms with Crippen LogP contribution < -0.4 is 5.32 Å². The van der Waals surface area contributed by atoms with Gasteiger partial charge in [0.05, 0.1) is 6.61 Å². The van der Waals surface area contributed by atoms with E-state index >= 15 is 0 Å². The van der Waals surface area contributed by atoms with Crippen LogP contribution in [0.5, 0.6) is 0 Å². The van der Waals surface area contributed by atoms with Gasteiger partial charge in [0, 0.05) is 12.1 Å². The summed E-state index contributed by atoms with van der Waals surface area (Å²) in [6.07, 6.45) is 11.8. The molecular formula is C19H31NO2. The fourth-order valence-corrected chi connectivity index (χ4v) is 2.56. The number of benzene rings is 1. The van der Waals surface area contributed by atoms with E-state index < -0.39 is 0 Å². The number of aryl methyl sites for hydroxylation is 1. The van der Waals surface area contributed by atoms with Gasteiger partial charge < -0.3 is 10.4 Å². The van der Waals surface area contributed by atoms with Gasteiger partial charge in [0.25, 0.3) is 5.91 Å². The van der Waals surface area contributed by atoms with E-state index in [2.05, 4.69) is 12.2 Å². The predicted octanol–water partition coefficient (Wildman–Crippen LogP) is 4.09. The predicted molar refractivity (Wildman–Crippen MR) is 92.2 cm³/mol. The summed E-state index contributed by atoms with van der Waals surface area (Å²) >= 11 is 0. The first-order valence-corrected chi connectivity index (χ1v) is 8.76. The van der Waals surface area contributed by atoms with E-state index in [9.17, 15) is 4.79 Å². The lowest BCUT2D eigenvalue weighted by Crippen LogP contribution is -2.26. The monoisotopic (exact) mass is 305 g/mol. The van der Waals surface area contributed by atoms with E-state index in [0.29, 0.717) is 12.1 Å². The van der Waals surface area contributed by atoms with Crippen LogP contribution in [0.4, 0.5) is 0 Å². The summed E-state index contributed by atoms with van der Waals surface area (Å²) in [6, 6.07) is 7.81. The lowest BCUT2D eigenvalue weighted by atomic mass is 10.0. The van der Waals surface area contributed by atoms with E-state index in [1.54, 1.807) is 0 Å². The average Bonchev–Trinajstić information content (AvgIpc) is 2.55. The second kappa shape index (κ2) is 12.2. The summed E-state index contributed by atoms with van der Waals surface area (Å²) in [6.45, 7) is 2.53. The number of hydrogen-bond acceptors (Lipinski definition) is 2. The average molecular weight is 305 g/mol. The minimum absolute atomic E-state index is 0.0255. The lowest BCUT2D eigenvalue weighted by molar-refractivity contribution is 0.0945. The van der Waals surface area contributed by atoms with Gasteiger partial charge in [0.2, 0.25) is 0 Å². The van der Waals surface area contributed by atoms with Gasteiger partial charge in [-0.3, -0.25) is 4.79 Å². The molecule has 0 aliphatic heterocycles. The zero-order valence-electron chi connectivity index (χ0n) is 13.9. The topological polar surface area (TPSA) is 49.3 Å². The van der Waals surface area contributed by atoms with Crippen molar-refractivity contribution < 1.29 is 9.90 Å². The molecule has 0 saturated heterocycles. The fourth-order valence-electron chi connectivity index (χ4n) is 2.56. The normalized spacial score (nSPS) is 10.6. The summed E-state index contributed by atoms with van der Waals surface area (Å²) in [4.78, 5) is 11.7. The van der Waals surface area contributed by atoms with Gasteiger partial charge in [-0.25, -0.2) is 0 Å². The van der Waals surface area contributed by atoms with Crippen LogP contribution >= 0.6 is 0 Å². The highest BCUT2D eigenvalue weighted by molar-refractivity contribution is 5.94. The maximum absolute atomic E-state index is 11.7. The number of aliphatic hydroxyl groups is 1. The Hall–Kier alpha value is -1.35. The quantitative estimate of drug-likeness (QED) is 0.571. The Morgan fingerprint density at radius 3 is 2.14 bits per heavy atom. The van der Waals surface area contributed by atoms with Crippen molar-refractivity contribution in [3.8, 4) is 0 Å². The second-order valence-electron chi connectivity index (χ2n) is 5.90. The van der Waals surface area contributed by atoms with Crippen LogP contribution in [0.15, 0.2) is 24.3 Å². The molecule has 0 aliphatic rings. The Kier molecular flexibility index (Phi) is 10.4. The lowest BCUT2D eigenvalue weighted by Gasteiger charge is -2.05. The van der Waals surface area contributed by atoms with Crippen molar-refractivity contribution in [1.82, 2.24) is 5.32 Å². The Morgan fingerprint density at radius 2 is 1.55 bits per heavy atom. The molecule has 0 aliphatic carbocycles. The Bertz CT molecular complexity index is 400. The van der Waals surface area contributed by atoms with Crippen molar-refractivity contribution in [3.05, 3.63) is 35.4 Å². The smallest absolute Gasteiger partial charge is 0.251 e. The number of hydrogen-bond donors (Lipinski definition) is 2. The molecule has 0 heterocycles. The molecule has 3 nitrogen and oxygen atoms in total. The highest BCUT2D eigenvalue weighted by atomic mass is 16.3. The molecule has 22 heavy (non-hydrogen) atoms. The van der Waals surface area contributed by atoms with Gasteiger partial charge in [-0.15, -0.1) is 0 Å². The SMILES string of the molecule is CCCCCCCCCCc1ccc(C(=O)NCCO)cc1. The third kappa shape index (κ3) is 8.18. The fraction of sp³-hybridized carbons (Fsp3) is 0.632. The standard InChI is InChI=1S/C19H31NO2/c1-2-3-4-5-6-7-8-9-10-17-11-13-18(14-12-17)19(22)20-15-16-21/h11-14,21H,2-10,15-16H2,1H3,(H,20,22). The number of carbonyl (C=O) groups excluding carboxylic acids is 1.